The first-order valence-corrected chi connectivity index (χ1v) is 11.6. The van der Waals surface area contributed by atoms with Gasteiger partial charge in [0.05, 0.1) is 4.91 Å². The van der Waals surface area contributed by atoms with Crippen LogP contribution in [0.25, 0.3) is 5.57 Å². The predicted molar refractivity (Wildman–Crippen MR) is 130 cm³/mol. The number of rotatable bonds is 7. The van der Waals surface area contributed by atoms with Crippen LogP contribution in [0.3, 0.4) is 0 Å². The number of carbonyl (C=O) groups excluding carboxylic acids is 1. The molecule has 1 aliphatic carbocycles. The summed E-state index contributed by atoms with van der Waals surface area (Å²) >= 11 is 6.64. The van der Waals surface area contributed by atoms with Gasteiger partial charge in [-0.05, 0) is 48.2 Å². The number of amides is 1. The molecule has 0 spiro atoms. The second kappa shape index (κ2) is 9.30. The van der Waals surface area contributed by atoms with Gasteiger partial charge in [-0.25, -0.2) is 0 Å². The second-order valence-corrected chi connectivity index (χ2v) is 9.51. The monoisotopic (exact) mass is 465 g/mol. The number of carboxylic acids is 1. The molecule has 5 nitrogen and oxygen atoms in total. The number of ether oxygens (including phenoxy) is 1. The van der Waals surface area contributed by atoms with Crippen LogP contribution in [0.2, 0.25) is 0 Å². The van der Waals surface area contributed by atoms with Crippen LogP contribution in [0.4, 0.5) is 0 Å². The fraction of sp³-hybridized carbons (Fsp3) is 0.240. The molecule has 1 atom stereocenters. The summed E-state index contributed by atoms with van der Waals surface area (Å²) in [5.41, 5.74) is 4.17. The van der Waals surface area contributed by atoms with Gasteiger partial charge < -0.3 is 9.84 Å². The molecule has 2 aliphatic rings. The first-order valence-electron chi connectivity index (χ1n) is 10.4. The summed E-state index contributed by atoms with van der Waals surface area (Å²) in [7, 11) is 0. The number of hydrogen-bond acceptors (Lipinski definition) is 5. The van der Waals surface area contributed by atoms with Crippen molar-refractivity contribution < 1.29 is 19.4 Å². The lowest BCUT2D eigenvalue weighted by Crippen LogP contribution is -2.29. The van der Waals surface area contributed by atoms with Gasteiger partial charge in [-0.15, -0.1) is 0 Å². The Morgan fingerprint density at radius 3 is 2.78 bits per heavy atom. The molecular formula is C25H23NO4S2. The van der Waals surface area contributed by atoms with E-state index in [2.05, 4.69) is 13.0 Å². The van der Waals surface area contributed by atoms with Gasteiger partial charge in [-0.1, -0.05) is 67.3 Å². The largest absolute Gasteiger partial charge is 0.481 e. The fourth-order valence-electron chi connectivity index (χ4n) is 3.94. The van der Waals surface area contributed by atoms with Crippen LogP contribution in [0.5, 0.6) is 5.75 Å². The van der Waals surface area contributed by atoms with Gasteiger partial charge >= 0.3 is 5.97 Å². The Morgan fingerprint density at radius 2 is 2.03 bits per heavy atom. The van der Waals surface area contributed by atoms with Crippen molar-refractivity contribution in [1.29, 1.82) is 0 Å². The highest BCUT2D eigenvalue weighted by molar-refractivity contribution is 8.26. The van der Waals surface area contributed by atoms with E-state index in [4.69, 9.17) is 22.1 Å². The van der Waals surface area contributed by atoms with E-state index < -0.39 is 5.97 Å². The highest BCUT2D eigenvalue weighted by atomic mass is 32.2. The number of fused-ring (bicyclic) bond motifs is 1. The summed E-state index contributed by atoms with van der Waals surface area (Å²) in [5, 5.41) is 8.87. The van der Waals surface area contributed by atoms with Crippen LogP contribution in [0.15, 0.2) is 65.3 Å². The molecule has 0 radical (unpaired) electrons. The number of aliphatic carboxylic acids is 1. The van der Waals surface area contributed by atoms with Gasteiger partial charge in [0.15, 0.2) is 0 Å². The van der Waals surface area contributed by atoms with Crippen molar-refractivity contribution in [2.45, 2.75) is 32.6 Å². The molecule has 0 bridgehead atoms. The highest BCUT2D eigenvalue weighted by Crippen LogP contribution is 2.45. The zero-order valence-electron chi connectivity index (χ0n) is 17.8. The Morgan fingerprint density at radius 1 is 1.25 bits per heavy atom. The third-order valence-electron chi connectivity index (χ3n) is 5.51. The lowest BCUT2D eigenvalue weighted by molar-refractivity contribution is -0.137. The van der Waals surface area contributed by atoms with E-state index in [1.165, 1.54) is 16.7 Å². The molecule has 1 heterocycles. The Labute approximate surface area is 196 Å². The minimum absolute atomic E-state index is 0.000626. The van der Waals surface area contributed by atoms with E-state index in [9.17, 15) is 9.59 Å². The third-order valence-corrected chi connectivity index (χ3v) is 6.89. The Bertz CT molecular complexity index is 1170. The van der Waals surface area contributed by atoms with Crippen LogP contribution < -0.4 is 4.74 Å². The number of hydrogen-bond donors (Lipinski definition) is 1. The normalized spacial score (nSPS) is 19.1. The summed E-state index contributed by atoms with van der Waals surface area (Å²) < 4.78 is 6.81. The number of allylic oxidation sites excluding steroid dienone is 3. The van der Waals surface area contributed by atoms with Crippen molar-refractivity contribution >= 4 is 45.7 Å². The van der Waals surface area contributed by atoms with E-state index >= 15 is 0 Å². The summed E-state index contributed by atoms with van der Waals surface area (Å²) in [6, 6.07) is 16.0. The minimum atomic E-state index is -0.884. The van der Waals surface area contributed by atoms with Crippen molar-refractivity contribution in [3.63, 3.8) is 0 Å². The maximum Gasteiger partial charge on any atom is 0.303 e. The van der Waals surface area contributed by atoms with Crippen molar-refractivity contribution in [2.75, 3.05) is 6.54 Å². The van der Waals surface area contributed by atoms with Crippen LogP contribution in [-0.2, 0) is 9.59 Å². The molecule has 7 heteroatoms. The summed E-state index contributed by atoms with van der Waals surface area (Å²) in [6.07, 6.45) is 2.23. The summed E-state index contributed by atoms with van der Waals surface area (Å²) in [4.78, 5) is 25.8. The van der Waals surface area contributed by atoms with Crippen molar-refractivity contribution in [3.05, 3.63) is 82.0 Å². The van der Waals surface area contributed by atoms with Crippen molar-refractivity contribution in [3.8, 4) is 5.75 Å². The van der Waals surface area contributed by atoms with E-state index in [1.54, 1.807) is 0 Å². The maximum atomic E-state index is 13.0. The van der Waals surface area contributed by atoms with Crippen LogP contribution >= 0.6 is 24.0 Å². The Hall–Kier alpha value is -2.90. The number of aryl methyl sites for hydroxylation is 1. The topological polar surface area (TPSA) is 66.8 Å². The van der Waals surface area contributed by atoms with E-state index in [-0.39, 0.29) is 18.2 Å². The number of nitrogens with zero attached hydrogens (tertiary/aromatic N) is 1. The molecule has 1 saturated heterocycles. The minimum Gasteiger partial charge on any atom is -0.481 e. The maximum absolute atomic E-state index is 13.0. The SMILES string of the molecule is Cc1cccc(OC2=C(/C=C3\SC(=S)N(CCCC(=O)O)C3=O)c3ccccc3C2C)c1. The van der Waals surface area contributed by atoms with E-state index in [1.807, 2.05) is 55.5 Å². The van der Waals surface area contributed by atoms with E-state index in [0.717, 1.165) is 33.8 Å². The molecule has 1 N–H and O–H groups in total. The number of carbonyl (C=O) groups is 2. The lowest BCUT2D eigenvalue weighted by atomic mass is 10.0. The molecule has 0 aromatic heterocycles. The highest BCUT2D eigenvalue weighted by Gasteiger charge is 2.35. The first-order chi connectivity index (χ1) is 15.3. The standard InChI is InChI=1S/C25H23NO4S2/c1-15-7-5-8-17(13-15)30-23-16(2)18-9-3-4-10-19(18)20(23)14-21-24(29)26(25(31)32-21)12-6-11-22(27)28/h3-5,7-10,13-14,16H,6,11-12H2,1-2H3,(H,27,28)/b21-14-. The van der Waals surface area contributed by atoms with Gasteiger partial charge in [0.1, 0.15) is 15.8 Å². The lowest BCUT2D eigenvalue weighted by Gasteiger charge is -2.14. The zero-order chi connectivity index (χ0) is 22.8. The van der Waals surface area contributed by atoms with Crippen molar-refractivity contribution in [2.24, 2.45) is 0 Å². The zero-order valence-corrected chi connectivity index (χ0v) is 19.5. The van der Waals surface area contributed by atoms with Gasteiger partial charge in [0.2, 0.25) is 0 Å². The quantitative estimate of drug-likeness (QED) is 0.430. The average molecular weight is 466 g/mol. The number of thioether (sulfide) groups is 1. The average Bonchev–Trinajstić information content (AvgIpc) is 3.17. The first kappa shape index (κ1) is 22.3. The van der Waals surface area contributed by atoms with Gasteiger partial charge in [-0.2, -0.15) is 0 Å². The molecular weight excluding hydrogens is 442 g/mol. The van der Waals surface area contributed by atoms with Gasteiger partial charge in [0.25, 0.3) is 5.91 Å². The molecule has 2 aromatic rings. The Balaban J connectivity index is 1.68. The number of thiocarbonyl (C=S) groups is 1. The molecule has 1 aliphatic heterocycles. The molecule has 1 amide bonds. The molecule has 4 rings (SSSR count). The van der Waals surface area contributed by atoms with Crippen LogP contribution in [0.1, 0.15) is 42.4 Å². The predicted octanol–water partition coefficient (Wildman–Crippen LogP) is 5.51. The molecule has 32 heavy (non-hydrogen) atoms. The second-order valence-electron chi connectivity index (χ2n) is 7.84. The molecule has 1 fully saturated rings. The fourth-order valence-corrected chi connectivity index (χ4v) is 5.23. The summed E-state index contributed by atoms with van der Waals surface area (Å²) in [5.74, 6) is 0.522. The van der Waals surface area contributed by atoms with Crippen molar-refractivity contribution in [1.82, 2.24) is 4.90 Å². The number of carboxylic acid groups (broad SMARTS) is 1. The summed E-state index contributed by atoms with van der Waals surface area (Å²) in [6.45, 7) is 4.42. The van der Waals surface area contributed by atoms with Crippen LogP contribution in [0, 0.1) is 6.92 Å². The number of benzene rings is 2. The Kier molecular flexibility index (Phi) is 6.48. The van der Waals surface area contributed by atoms with Crippen LogP contribution in [-0.4, -0.2) is 32.7 Å². The van der Waals surface area contributed by atoms with E-state index in [0.29, 0.717) is 22.2 Å². The molecule has 2 aromatic carbocycles. The molecule has 1 unspecified atom stereocenters. The smallest absolute Gasteiger partial charge is 0.303 e. The van der Waals surface area contributed by atoms with Gasteiger partial charge in [-0.3, -0.25) is 14.5 Å². The molecule has 0 saturated carbocycles. The van der Waals surface area contributed by atoms with Gasteiger partial charge in [0, 0.05) is 24.5 Å². The molecule has 164 valence electrons. The third kappa shape index (κ3) is 4.49.